The summed E-state index contributed by atoms with van der Waals surface area (Å²) in [4.78, 5) is 22.3. The number of carboxylic acid groups (broad SMARTS) is 1. The molecule has 1 aromatic carbocycles. The van der Waals surface area contributed by atoms with E-state index < -0.39 is 23.5 Å². The fourth-order valence-electron chi connectivity index (χ4n) is 1.86. The van der Waals surface area contributed by atoms with Gasteiger partial charge in [-0.05, 0) is 30.4 Å². The second-order valence-corrected chi connectivity index (χ2v) is 5.67. The van der Waals surface area contributed by atoms with E-state index in [0.717, 1.165) is 6.07 Å². The average molecular weight is 299 g/mol. The molecule has 0 saturated carbocycles. The Bertz CT molecular complexity index is 530. The molecule has 0 bridgehead atoms. The number of benzene rings is 1. The smallest absolute Gasteiger partial charge is 0.303 e. The van der Waals surface area contributed by atoms with E-state index in [1.54, 1.807) is 0 Å². The van der Waals surface area contributed by atoms with Gasteiger partial charge in [0.05, 0.1) is 5.56 Å². The molecule has 1 amide bonds. The number of halogens is 2. The second kappa shape index (κ2) is 7.15. The van der Waals surface area contributed by atoms with Crippen LogP contribution in [0.15, 0.2) is 18.2 Å². The molecule has 0 aliphatic heterocycles. The zero-order valence-corrected chi connectivity index (χ0v) is 12.1. The first-order valence-electron chi connectivity index (χ1n) is 6.67. The standard InChI is InChI=1S/C15H19F2NO3/c1-15(2,7-6-12(19)20)8-9-18-14(21)10-4-3-5-11(16)13(10)17/h3-5H,6-9H2,1-2H3,(H,18,21)(H,19,20). The third-order valence-corrected chi connectivity index (χ3v) is 3.30. The van der Waals surface area contributed by atoms with Gasteiger partial charge in [0, 0.05) is 13.0 Å². The van der Waals surface area contributed by atoms with Crippen molar-refractivity contribution in [3.63, 3.8) is 0 Å². The summed E-state index contributed by atoms with van der Waals surface area (Å²) in [7, 11) is 0. The Morgan fingerprint density at radius 2 is 1.90 bits per heavy atom. The molecule has 0 radical (unpaired) electrons. The van der Waals surface area contributed by atoms with Gasteiger partial charge in [0.15, 0.2) is 11.6 Å². The second-order valence-electron chi connectivity index (χ2n) is 5.67. The lowest BCUT2D eigenvalue weighted by molar-refractivity contribution is -0.137. The van der Waals surface area contributed by atoms with Gasteiger partial charge in [-0.15, -0.1) is 0 Å². The number of hydrogen-bond donors (Lipinski definition) is 2. The van der Waals surface area contributed by atoms with E-state index in [1.165, 1.54) is 12.1 Å². The molecule has 6 heteroatoms. The van der Waals surface area contributed by atoms with E-state index in [2.05, 4.69) is 5.32 Å². The highest BCUT2D eigenvalue weighted by atomic mass is 19.2. The molecule has 21 heavy (non-hydrogen) atoms. The van der Waals surface area contributed by atoms with Gasteiger partial charge >= 0.3 is 5.97 Å². The molecule has 2 N–H and O–H groups in total. The molecule has 116 valence electrons. The molecule has 1 rings (SSSR count). The van der Waals surface area contributed by atoms with Crippen LogP contribution in [0.2, 0.25) is 0 Å². The Morgan fingerprint density at radius 3 is 2.52 bits per heavy atom. The molecule has 0 saturated heterocycles. The van der Waals surface area contributed by atoms with E-state index in [4.69, 9.17) is 5.11 Å². The maximum Gasteiger partial charge on any atom is 0.303 e. The van der Waals surface area contributed by atoms with Crippen molar-refractivity contribution in [1.29, 1.82) is 0 Å². The van der Waals surface area contributed by atoms with Crippen LogP contribution < -0.4 is 5.32 Å². The van der Waals surface area contributed by atoms with Crippen LogP contribution in [0.4, 0.5) is 8.78 Å². The summed E-state index contributed by atoms with van der Waals surface area (Å²) in [6, 6.07) is 3.43. The Labute approximate surface area is 122 Å². The average Bonchev–Trinajstić information content (AvgIpc) is 2.39. The summed E-state index contributed by atoms with van der Waals surface area (Å²) < 4.78 is 26.4. The van der Waals surface area contributed by atoms with Crippen molar-refractivity contribution in [3.05, 3.63) is 35.4 Å². The molecule has 0 heterocycles. The number of carbonyl (C=O) groups excluding carboxylic acids is 1. The van der Waals surface area contributed by atoms with Crippen LogP contribution in [0.3, 0.4) is 0 Å². The highest BCUT2D eigenvalue weighted by Gasteiger charge is 2.20. The SMILES string of the molecule is CC(C)(CCNC(=O)c1cccc(F)c1F)CCC(=O)O. The highest BCUT2D eigenvalue weighted by Crippen LogP contribution is 2.26. The largest absolute Gasteiger partial charge is 0.481 e. The van der Waals surface area contributed by atoms with Gasteiger partial charge < -0.3 is 10.4 Å². The Morgan fingerprint density at radius 1 is 1.24 bits per heavy atom. The molecule has 0 unspecified atom stereocenters. The monoisotopic (exact) mass is 299 g/mol. The van der Waals surface area contributed by atoms with Gasteiger partial charge in [-0.2, -0.15) is 0 Å². The predicted octanol–water partition coefficient (Wildman–Crippen LogP) is 2.98. The third kappa shape index (κ3) is 5.49. The number of amides is 1. The van der Waals surface area contributed by atoms with E-state index in [0.29, 0.717) is 12.8 Å². The molecule has 0 atom stereocenters. The number of carbonyl (C=O) groups is 2. The zero-order valence-electron chi connectivity index (χ0n) is 12.1. The minimum absolute atomic E-state index is 0.0550. The number of aliphatic carboxylic acids is 1. The number of nitrogens with one attached hydrogen (secondary N) is 1. The van der Waals surface area contributed by atoms with Crippen LogP contribution in [0.1, 0.15) is 43.5 Å². The molecule has 4 nitrogen and oxygen atoms in total. The summed E-state index contributed by atoms with van der Waals surface area (Å²) in [5, 5.41) is 11.2. The number of carboxylic acids is 1. The minimum atomic E-state index is -1.17. The quantitative estimate of drug-likeness (QED) is 0.813. The molecule has 1 aromatic rings. The van der Waals surface area contributed by atoms with Gasteiger partial charge in [0.25, 0.3) is 5.91 Å². The first-order chi connectivity index (χ1) is 9.73. The van der Waals surface area contributed by atoms with Crippen LogP contribution in [0, 0.1) is 17.0 Å². The van der Waals surface area contributed by atoms with Crippen molar-refractivity contribution in [2.24, 2.45) is 5.41 Å². The first-order valence-corrected chi connectivity index (χ1v) is 6.67. The molecular formula is C15H19F2NO3. The Hall–Kier alpha value is -1.98. The van der Waals surface area contributed by atoms with Crippen molar-refractivity contribution in [2.45, 2.75) is 33.1 Å². The zero-order chi connectivity index (χ0) is 16.0. The minimum Gasteiger partial charge on any atom is -0.481 e. The van der Waals surface area contributed by atoms with Gasteiger partial charge in [-0.25, -0.2) is 8.78 Å². The van der Waals surface area contributed by atoms with Crippen molar-refractivity contribution in [3.8, 4) is 0 Å². The van der Waals surface area contributed by atoms with Crippen LogP contribution in [0.5, 0.6) is 0 Å². The summed E-state index contributed by atoms with van der Waals surface area (Å²) in [6.45, 7) is 4.05. The van der Waals surface area contributed by atoms with Crippen molar-refractivity contribution in [1.82, 2.24) is 5.32 Å². The van der Waals surface area contributed by atoms with Gasteiger partial charge in [0.1, 0.15) is 0 Å². The maximum absolute atomic E-state index is 13.4. The highest BCUT2D eigenvalue weighted by molar-refractivity contribution is 5.94. The van der Waals surface area contributed by atoms with Gasteiger partial charge in [-0.1, -0.05) is 19.9 Å². The third-order valence-electron chi connectivity index (χ3n) is 3.30. The summed E-state index contributed by atoms with van der Waals surface area (Å²) in [5.41, 5.74) is -0.593. The van der Waals surface area contributed by atoms with E-state index >= 15 is 0 Å². The van der Waals surface area contributed by atoms with E-state index in [1.807, 2.05) is 13.8 Å². The topological polar surface area (TPSA) is 66.4 Å². The van der Waals surface area contributed by atoms with E-state index in [9.17, 15) is 18.4 Å². The molecule has 0 fully saturated rings. The lowest BCUT2D eigenvalue weighted by Gasteiger charge is -2.23. The fourth-order valence-corrected chi connectivity index (χ4v) is 1.86. The Kier molecular flexibility index (Phi) is 5.81. The summed E-state index contributed by atoms with van der Waals surface area (Å²) in [5.74, 6) is -3.78. The normalized spacial score (nSPS) is 11.2. The Balaban J connectivity index is 2.50. The van der Waals surface area contributed by atoms with Crippen LogP contribution in [0.25, 0.3) is 0 Å². The summed E-state index contributed by atoms with van der Waals surface area (Å²) >= 11 is 0. The maximum atomic E-state index is 13.4. The van der Waals surface area contributed by atoms with Gasteiger partial charge in [0.2, 0.25) is 0 Å². The molecular weight excluding hydrogens is 280 g/mol. The van der Waals surface area contributed by atoms with Crippen LogP contribution in [-0.2, 0) is 4.79 Å². The van der Waals surface area contributed by atoms with Crippen molar-refractivity contribution < 1.29 is 23.5 Å². The summed E-state index contributed by atoms with van der Waals surface area (Å²) in [6.07, 6.45) is 1.08. The van der Waals surface area contributed by atoms with Crippen molar-refractivity contribution >= 4 is 11.9 Å². The fraction of sp³-hybridized carbons (Fsp3) is 0.467. The molecule has 0 spiro atoms. The van der Waals surface area contributed by atoms with E-state index in [-0.39, 0.29) is 23.9 Å². The van der Waals surface area contributed by atoms with Gasteiger partial charge in [-0.3, -0.25) is 9.59 Å². The predicted molar refractivity (Wildman–Crippen MR) is 74.0 cm³/mol. The molecule has 0 aromatic heterocycles. The first kappa shape index (κ1) is 17.1. The number of rotatable bonds is 7. The number of hydrogen-bond acceptors (Lipinski definition) is 2. The van der Waals surface area contributed by atoms with Crippen molar-refractivity contribution in [2.75, 3.05) is 6.54 Å². The molecule has 0 aliphatic rings. The van der Waals surface area contributed by atoms with Crippen LogP contribution >= 0.6 is 0 Å². The lowest BCUT2D eigenvalue weighted by Crippen LogP contribution is -2.29. The van der Waals surface area contributed by atoms with Crippen LogP contribution in [-0.4, -0.2) is 23.5 Å². The molecule has 0 aliphatic carbocycles. The lowest BCUT2D eigenvalue weighted by atomic mass is 9.84.